The molecule has 0 radical (unpaired) electrons. The Labute approximate surface area is 144 Å². The number of hydrogen-bond donors (Lipinski definition) is 1. The molecule has 0 aliphatic carbocycles. The van der Waals surface area contributed by atoms with Crippen molar-refractivity contribution in [3.05, 3.63) is 40.5 Å². The van der Waals surface area contributed by atoms with Crippen LogP contribution in [0, 0.1) is 0 Å². The number of carboxylic acids is 1. The molecule has 0 atom stereocenters. The van der Waals surface area contributed by atoms with Gasteiger partial charge in [0.2, 0.25) is 5.91 Å². The van der Waals surface area contributed by atoms with Gasteiger partial charge in [-0.2, -0.15) is 5.10 Å². The molecule has 1 aromatic heterocycles. The number of benzene rings is 1. The third kappa shape index (κ3) is 3.28. The van der Waals surface area contributed by atoms with E-state index in [1.54, 1.807) is 22.6 Å². The molecule has 0 fully saturated rings. The molecule has 0 bridgehead atoms. The molecular weight excluding hydrogens is 330 g/mol. The molecule has 7 heteroatoms. The van der Waals surface area contributed by atoms with Crippen LogP contribution in [0.4, 0.5) is 0 Å². The standard InChI is InChI=1S/C17H18ClN3O3/c1-11(22)20-7-5-15-14(10-20)17(12-3-2-4-13(18)9-12)19-21(15)8-6-16(23)24/h2-4,9H,5-8,10H2,1H3,(H,23,24). The SMILES string of the molecule is CC(=O)N1CCc2c(c(-c3cccc(Cl)c3)nn2CCC(=O)O)C1. The number of amides is 1. The molecule has 1 N–H and O–H groups in total. The van der Waals surface area contributed by atoms with Crippen molar-refractivity contribution in [1.29, 1.82) is 0 Å². The van der Waals surface area contributed by atoms with Gasteiger partial charge < -0.3 is 10.0 Å². The van der Waals surface area contributed by atoms with E-state index in [0.717, 1.165) is 22.5 Å². The molecule has 2 heterocycles. The minimum Gasteiger partial charge on any atom is -0.481 e. The van der Waals surface area contributed by atoms with Gasteiger partial charge in [-0.3, -0.25) is 14.3 Å². The maximum absolute atomic E-state index is 11.7. The molecule has 1 aliphatic heterocycles. The average Bonchev–Trinajstić information content (AvgIpc) is 2.91. The van der Waals surface area contributed by atoms with Gasteiger partial charge in [-0.15, -0.1) is 0 Å². The Kier molecular flexibility index (Phi) is 4.57. The van der Waals surface area contributed by atoms with Crippen LogP contribution < -0.4 is 0 Å². The van der Waals surface area contributed by atoms with Crippen molar-refractivity contribution in [3.63, 3.8) is 0 Å². The van der Waals surface area contributed by atoms with Gasteiger partial charge in [0.1, 0.15) is 0 Å². The maximum atomic E-state index is 11.7. The number of carbonyl (C=O) groups excluding carboxylic acids is 1. The van der Waals surface area contributed by atoms with Gasteiger partial charge in [0.15, 0.2) is 0 Å². The van der Waals surface area contributed by atoms with E-state index in [4.69, 9.17) is 16.7 Å². The normalized spacial score (nSPS) is 13.7. The van der Waals surface area contributed by atoms with Crippen molar-refractivity contribution < 1.29 is 14.7 Å². The van der Waals surface area contributed by atoms with Gasteiger partial charge in [0.25, 0.3) is 0 Å². The number of fused-ring (bicyclic) bond motifs is 1. The summed E-state index contributed by atoms with van der Waals surface area (Å²) in [5.41, 5.74) is 3.62. The number of hydrogen-bond acceptors (Lipinski definition) is 3. The molecule has 126 valence electrons. The number of rotatable bonds is 4. The van der Waals surface area contributed by atoms with Crippen LogP contribution in [0.1, 0.15) is 24.6 Å². The fourth-order valence-corrected chi connectivity index (χ4v) is 3.20. The zero-order chi connectivity index (χ0) is 17.3. The van der Waals surface area contributed by atoms with E-state index in [0.29, 0.717) is 31.1 Å². The van der Waals surface area contributed by atoms with Gasteiger partial charge in [-0.1, -0.05) is 23.7 Å². The van der Waals surface area contributed by atoms with E-state index < -0.39 is 5.97 Å². The van der Waals surface area contributed by atoms with Crippen molar-refractivity contribution in [2.75, 3.05) is 6.54 Å². The highest BCUT2D eigenvalue weighted by Crippen LogP contribution is 2.31. The largest absolute Gasteiger partial charge is 0.481 e. The van der Waals surface area contributed by atoms with Crippen LogP contribution in [0.3, 0.4) is 0 Å². The summed E-state index contributed by atoms with van der Waals surface area (Å²) in [6.07, 6.45) is 0.682. The molecule has 0 saturated carbocycles. The second kappa shape index (κ2) is 6.65. The maximum Gasteiger partial charge on any atom is 0.305 e. The Balaban J connectivity index is 2.04. The van der Waals surface area contributed by atoms with Gasteiger partial charge >= 0.3 is 5.97 Å². The zero-order valence-corrected chi connectivity index (χ0v) is 14.1. The van der Waals surface area contributed by atoms with E-state index in [2.05, 4.69) is 5.10 Å². The Morgan fingerprint density at radius 1 is 1.38 bits per heavy atom. The molecule has 1 aliphatic rings. The van der Waals surface area contributed by atoms with Crippen molar-refractivity contribution in [2.24, 2.45) is 0 Å². The highest BCUT2D eigenvalue weighted by Gasteiger charge is 2.26. The number of aryl methyl sites for hydroxylation is 1. The van der Waals surface area contributed by atoms with Crippen LogP contribution in [0.25, 0.3) is 11.3 Å². The summed E-state index contributed by atoms with van der Waals surface area (Å²) < 4.78 is 1.76. The second-order valence-electron chi connectivity index (χ2n) is 5.84. The number of aromatic nitrogens is 2. The molecule has 1 aromatic carbocycles. The summed E-state index contributed by atoms with van der Waals surface area (Å²) >= 11 is 6.09. The lowest BCUT2D eigenvalue weighted by molar-refractivity contribution is -0.137. The van der Waals surface area contributed by atoms with Crippen LogP contribution in [0.15, 0.2) is 24.3 Å². The molecule has 3 rings (SSSR count). The minimum atomic E-state index is -0.857. The van der Waals surface area contributed by atoms with E-state index >= 15 is 0 Å². The first kappa shape index (κ1) is 16.5. The summed E-state index contributed by atoms with van der Waals surface area (Å²) in [7, 11) is 0. The molecule has 1 amide bonds. The van der Waals surface area contributed by atoms with Crippen molar-refractivity contribution in [1.82, 2.24) is 14.7 Å². The molecule has 0 unspecified atom stereocenters. The molecule has 0 saturated heterocycles. The predicted octanol–water partition coefficient (Wildman–Crippen LogP) is 2.58. The van der Waals surface area contributed by atoms with Crippen LogP contribution in [-0.2, 0) is 29.1 Å². The summed E-state index contributed by atoms with van der Waals surface area (Å²) in [5, 5.41) is 14.2. The molecule has 6 nitrogen and oxygen atoms in total. The van der Waals surface area contributed by atoms with E-state index in [1.807, 2.05) is 18.2 Å². The summed E-state index contributed by atoms with van der Waals surface area (Å²) in [6.45, 7) is 2.98. The summed E-state index contributed by atoms with van der Waals surface area (Å²) in [5.74, 6) is -0.833. The zero-order valence-electron chi connectivity index (χ0n) is 13.3. The van der Waals surface area contributed by atoms with Gasteiger partial charge in [0, 0.05) is 48.3 Å². The lowest BCUT2D eigenvalue weighted by Crippen LogP contribution is -2.34. The van der Waals surface area contributed by atoms with Crippen LogP contribution in [0.5, 0.6) is 0 Å². The van der Waals surface area contributed by atoms with Crippen LogP contribution in [0.2, 0.25) is 5.02 Å². The average molecular weight is 348 g/mol. The second-order valence-corrected chi connectivity index (χ2v) is 6.28. The number of halogens is 1. The fourth-order valence-electron chi connectivity index (χ4n) is 3.01. The lowest BCUT2D eigenvalue weighted by Gasteiger charge is -2.26. The number of aliphatic carboxylic acids is 1. The monoisotopic (exact) mass is 347 g/mol. The summed E-state index contributed by atoms with van der Waals surface area (Å²) in [6, 6.07) is 7.40. The number of nitrogens with zero attached hydrogens (tertiary/aromatic N) is 3. The van der Waals surface area contributed by atoms with Gasteiger partial charge in [0.05, 0.1) is 18.7 Å². The first-order valence-corrected chi connectivity index (χ1v) is 8.15. The van der Waals surface area contributed by atoms with Crippen molar-refractivity contribution in [3.8, 4) is 11.3 Å². The van der Waals surface area contributed by atoms with Gasteiger partial charge in [-0.05, 0) is 12.1 Å². The highest BCUT2D eigenvalue weighted by atomic mass is 35.5. The Hall–Kier alpha value is -2.34. The van der Waals surface area contributed by atoms with E-state index in [1.165, 1.54) is 0 Å². The first-order valence-electron chi connectivity index (χ1n) is 7.77. The fraction of sp³-hybridized carbons (Fsp3) is 0.353. The topological polar surface area (TPSA) is 75.4 Å². The predicted molar refractivity (Wildman–Crippen MR) is 89.7 cm³/mol. The third-order valence-corrected chi connectivity index (χ3v) is 4.45. The smallest absolute Gasteiger partial charge is 0.305 e. The van der Waals surface area contributed by atoms with Crippen LogP contribution >= 0.6 is 11.6 Å². The number of carboxylic acid groups (broad SMARTS) is 1. The molecular formula is C17H18ClN3O3. The Morgan fingerprint density at radius 3 is 2.83 bits per heavy atom. The lowest BCUT2D eigenvalue weighted by atomic mass is 10.0. The molecule has 2 aromatic rings. The number of carbonyl (C=O) groups is 2. The molecule has 0 spiro atoms. The molecule has 24 heavy (non-hydrogen) atoms. The van der Waals surface area contributed by atoms with Crippen LogP contribution in [-0.4, -0.2) is 38.2 Å². The van der Waals surface area contributed by atoms with Crippen molar-refractivity contribution in [2.45, 2.75) is 32.9 Å². The van der Waals surface area contributed by atoms with E-state index in [9.17, 15) is 9.59 Å². The first-order chi connectivity index (χ1) is 11.5. The third-order valence-electron chi connectivity index (χ3n) is 4.21. The Morgan fingerprint density at radius 2 is 2.17 bits per heavy atom. The highest BCUT2D eigenvalue weighted by molar-refractivity contribution is 6.30. The minimum absolute atomic E-state index is 0.0134. The summed E-state index contributed by atoms with van der Waals surface area (Å²) in [4.78, 5) is 24.4. The quantitative estimate of drug-likeness (QED) is 0.922. The Bertz CT molecular complexity index is 800. The van der Waals surface area contributed by atoms with Gasteiger partial charge in [-0.25, -0.2) is 0 Å². The van der Waals surface area contributed by atoms with Crippen molar-refractivity contribution >= 4 is 23.5 Å². The van der Waals surface area contributed by atoms with E-state index in [-0.39, 0.29) is 12.3 Å².